The van der Waals surface area contributed by atoms with E-state index in [0.717, 1.165) is 38.8 Å². The number of nitrogens with one attached hydrogen (secondary N) is 1. The van der Waals surface area contributed by atoms with Gasteiger partial charge in [-0.25, -0.2) is 9.59 Å². The van der Waals surface area contributed by atoms with Gasteiger partial charge in [0.1, 0.15) is 0 Å². The molecule has 0 aromatic carbocycles. The summed E-state index contributed by atoms with van der Waals surface area (Å²) in [4.78, 5) is 23.0. The van der Waals surface area contributed by atoms with Crippen LogP contribution in [0.3, 0.4) is 0 Å². The summed E-state index contributed by atoms with van der Waals surface area (Å²) in [6.07, 6.45) is -3.76. The number of rotatable bonds is 4. The van der Waals surface area contributed by atoms with Crippen LogP contribution in [-0.2, 0) is 33.7 Å². The molecule has 0 saturated carbocycles. The van der Waals surface area contributed by atoms with Crippen LogP contribution in [0.5, 0.6) is 0 Å². The second-order valence-electron chi connectivity index (χ2n) is 8.72. The van der Waals surface area contributed by atoms with Gasteiger partial charge >= 0.3 is 24.3 Å². The number of H-pyrrole nitrogens is 1. The number of ether oxygens (including phenoxy) is 1. The molecule has 36 heavy (non-hydrogen) atoms. The van der Waals surface area contributed by atoms with E-state index in [1.807, 2.05) is 0 Å². The van der Waals surface area contributed by atoms with E-state index < -0.39 is 24.3 Å². The van der Waals surface area contributed by atoms with Gasteiger partial charge in [0, 0.05) is 31.9 Å². The Morgan fingerprint density at radius 1 is 0.917 bits per heavy atom. The molecule has 0 atom stereocenters. The highest BCUT2D eigenvalue weighted by Gasteiger charge is 2.38. The number of halogens is 6. The van der Waals surface area contributed by atoms with E-state index in [1.165, 1.54) is 68.7 Å². The summed E-state index contributed by atoms with van der Waals surface area (Å²) in [5.74, 6) is -4.64. The lowest BCUT2D eigenvalue weighted by Crippen LogP contribution is -2.42. The van der Waals surface area contributed by atoms with Crippen molar-refractivity contribution in [3.8, 4) is 0 Å². The van der Waals surface area contributed by atoms with Gasteiger partial charge in [-0.2, -0.15) is 31.4 Å². The molecule has 0 amide bonds. The number of nitrogens with zero attached hydrogens (tertiary/aromatic N) is 3. The summed E-state index contributed by atoms with van der Waals surface area (Å²) in [7, 11) is 0. The highest BCUT2D eigenvalue weighted by molar-refractivity contribution is 5.73. The van der Waals surface area contributed by atoms with Gasteiger partial charge in [0.15, 0.2) is 0 Å². The lowest BCUT2D eigenvalue weighted by Gasteiger charge is -2.35. The number of carboxylic acids is 2. The molecule has 9 nitrogen and oxygen atoms in total. The van der Waals surface area contributed by atoms with Crippen molar-refractivity contribution in [2.75, 3.05) is 45.9 Å². The summed E-state index contributed by atoms with van der Waals surface area (Å²) in [5, 5.41) is 22.0. The lowest BCUT2D eigenvalue weighted by molar-refractivity contribution is -0.193. The number of aliphatic carboxylic acids is 2. The molecule has 3 heterocycles. The van der Waals surface area contributed by atoms with Crippen LogP contribution < -0.4 is 0 Å². The van der Waals surface area contributed by atoms with Gasteiger partial charge in [0.05, 0.1) is 18.9 Å². The van der Waals surface area contributed by atoms with Gasteiger partial charge < -0.3 is 14.9 Å². The molecular weight excluding hydrogens is 502 g/mol. The molecule has 3 N–H and O–H groups in total. The maximum absolute atomic E-state index is 10.6. The molecule has 2 aliphatic heterocycles. The fourth-order valence-electron chi connectivity index (χ4n) is 4.21. The van der Waals surface area contributed by atoms with E-state index in [2.05, 4.69) is 20.0 Å². The summed E-state index contributed by atoms with van der Waals surface area (Å²) >= 11 is 0. The zero-order valence-corrected chi connectivity index (χ0v) is 19.5. The third kappa shape index (κ3) is 9.93. The topological polar surface area (TPSA) is 119 Å². The Kier molecular flexibility index (Phi) is 11.0. The number of alkyl halides is 6. The first-order valence-electron chi connectivity index (χ1n) is 11.4. The Bertz CT molecular complexity index is 823. The molecule has 0 unspecified atom stereocenters. The standard InChI is InChI=1S/C17H28N4O.2C2HF3O2/c1-2-15-16(3-1)18-19-17(15)13-20-6-4-14(5-7-20)12-21-8-10-22-11-9-21;2*3-2(4,5)1(6)7/h14H,1-13H2,(H,18,19);2*(H,6,7). The fraction of sp³-hybridized carbons (Fsp3) is 0.762. The molecule has 0 bridgehead atoms. The molecule has 0 spiro atoms. The minimum Gasteiger partial charge on any atom is -0.475 e. The predicted octanol–water partition coefficient (Wildman–Crippen LogP) is 2.71. The van der Waals surface area contributed by atoms with Gasteiger partial charge in [0.2, 0.25) is 0 Å². The number of morpholine rings is 1. The summed E-state index contributed by atoms with van der Waals surface area (Å²) < 4.78 is 68.9. The number of piperidine rings is 1. The third-order valence-corrected chi connectivity index (χ3v) is 6.08. The van der Waals surface area contributed by atoms with Crippen molar-refractivity contribution in [3.05, 3.63) is 17.0 Å². The predicted molar refractivity (Wildman–Crippen MR) is 113 cm³/mol. The fourth-order valence-corrected chi connectivity index (χ4v) is 4.21. The van der Waals surface area contributed by atoms with Crippen molar-refractivity contribution >= 4 is 11.9 Å². The first-order chi connectivity index (χ1) is 16.8. The summed E-state index contributed by atoms with van der Waals surface area (Å²) in [6, 6.07) is 0. The normalized spacial score (nSPS) is 19.5. The van der Waals surface area contributed by atoms with Crippen molar-refractivity contribution in [1.82, 2.24) is 20.0 Å². The molecule has 2 fully saturated rings. The van der Waals surface area contributed by atoms with Crippen LogP contribution in [0, 0.1) is 5.92 Å². The van der Waals surface area contributed by atoms with Crippen LogP contribution in [0.15, 0.2) is 0 Å². The Balaban J connectivity index is 0.000000271. The summed E-state index contributed by atoms with van der Waals surface area (Å²) in [5.41, 5.74) is 4.24. The van der Waals surface area contributed by atoms with E-state index in [4.69, 9.17) is 24.5 Å². The van der Waals surface area contributed by atoms with Crippen LogP contribution in [-0.4, -0.2) is 100 Å². The number of aromatic nitrogens is 2. The van der Waals surface area contributed by atoms with E-state index in [0.29, 0.717) is 0 Å². The number of aryl methyl sites for hydroxylation is 1. The third-order valence-electron chi connectivity index (χ3n) is 6.08. The molecule has 15 heteroatoms. The van der Waals surface area contributed by atoms with Gasteiger partial charge in [-0.15, -0.1) is 0 Å². The average Bonchev–Trinajstić information content (AvgIpc) is 3.41. The van der Waals surface area contributed by atoms with Crippen LogP contribution >= 0.6 is 0 Å². The highest BCUT2D eigenvalue weighted by Crippen LogP contribution is 2.26. The maximum Gasteiger partial charge on any atom is 0.490 e. The van der Waals surface area contributed by atoms with E-state index in [9.17, 15) is 26.3 Å². The second-order valence-corrected chi connectivity index (χ2v) is 8.72. The molecule has 206 valence electrons. The van der Waals surface area contributed by atoms with Gasteiger partial charge in [-0.3, -0.25) is 14.9 Å². The van der Waals surface area contributed by atoms with Crippen molar-refractivity contribution in [2.45, 2.75) is 51.0 Å². The Hall–Kier alpha value is -2.39. The minimum absolute atomic E-state index is 0.874. The largest absolute Gasteiger partial charge is 0.490 e. The van der Waals surface area contributed by atoms with Crippen LogP contribution in [0.25, 0.3) is 0 Å². The molecule has 2 saturated heterocycles. The number of carbonyl (C=O) groups is 2. The van der Waals surface area contributed by atoms with Gasteiger partial charge in [-0.05, 0) is 56.7 Å². The van der Waals surface area contributed by atoms with E-state index >= 15 is 0 Å². The number of likely N-dealkylation sites (tertiary alicyclic amines) is 1. The second kappa shape index (κ2) is 13.2. The Morgan fingerprint density at radius 2 is 1.44 bits per heavy atom. The van der Waals surface area contributed by atoms with Crippen LogP contribution in [0.1, 0.15) is 36.2 Å². The Labute approximate surface area is 203 Å². The summed E-state index contributed by atoms with van der Waals surface area (Å²) in [6.45, 7) is 8.88. The highest BCUT2D eigenvalue weighted by atomic mass is 19.4. The number of aromatic amines is 1. The van der Waals surface area contributed by atoms with Gasteiger partial charge in [0.25, 0.3) is 0 Å². The SMILES string of the molecule is C1Cc2[nH]nc(CN3CCC(CN4CCOCC4)CC3)c2C1.O=C(O)C(F)(F)F.O=C(O)C(F)(F)F. The number of hydrogen-bond acceptors (Lipinski definition) is 6. The lowest BCUT2D eigenvalue weighted by atomic mass is 9.95. The molecule has 1 aliphatic carbocycles. The number of carboxylic acid groups (broad SMARTS) is 2. The quantitative estimate of drug-likeness (QED) is 0.507. The van der Waals surface area contributed by atoms with Crippen LogP contribution in [0.2, 0.25) is 0 Å². The van der Waals surface area contributed by atoms with Gasteiger partial charge in [-0.1, -0.05) is 0 Å². The molecule has 3 aliphatic rings. The molecule has 1 aromatic rings. The average molecular weight is 532 g/mol. The van der Waals surface area contributed by atoms with Crippen molar-refractivity contribution in [1.29, 1.82) is 0 Å². The van der Waals surface area contributed by atoms with E-state index in [-0.39, 0.29) is 0 Å². The van der Waals surface area contributed by atoms with E-state index in [1.54, 1.807) is 0 Å². The minimum atomic E-state index is -5.08. The molecular formula is C21H30F6N4O5. The zero-order chi connectivity index (χ0) is 26.9. The molecule has 4 rings (SSSR count). The molecule has 1 aromatic heterocycles. The number of fused-ring (bicyclic) bond motifs is 1. The monoisotopic (exact) mass is 532 g/mol. The number of hydrogen-bond donors (Lipinski definition) is 3. The zero-order valence-electron chi connectivity index (χ0n) is 19.5. The Morgan fingerprint density at radius 3 is 1.94 bits per heavy atom. The van der Waals surface area contributed by atoms with Crippen molar-refractivity contribution < 1.29 is 50.9 Å². The first-order valence-corrected chi connectivity index (χ1v) is 11.4. The van der Waals surface area contributed by atoms with Crippen molar-refractivity contribution in [2.24, 2.45) is 5.92 Å². The smallest absolute Gasteiger partial charge is 0.475 e. The molecule has 0 radical (unpaired) electrons. The van der Waals surface area contributed by atoms with Crippen molar-refractivity contribution in [3.63, 3.8) is 0 Å². The first kappa shape index (κ1) is 29.8. The maximum atomic E-state index is 10.6. The van der Waals surface area contributed by atoms with Crippen LogP contribution in [0.4, 0.5) is 26.3 Å².